The smallest absolute Gasteiger partial charge is 0.318 e. The molecule has 1 fully saturated rings. The highest BCUT2D eigenvalue weighted by atomic mass is 127. The third-order valence-corrected chi connectivity index (χ3v) is 4.62. The summed E-state index contributed by atoms with van der Waals surface area (Å²) in [6.45, 7) is 3.68. The van der Waals surface area contributed by atoms with E-state index in [9.17, 15) is 9.59 Å². The average molecular weight is 445 g/mol. The third-order valence-electron chi connectivity index (χ3n) is 4.11. The van der Waals surface area contributed by atoms with Crippen LogP contribution in [-0.4, -0.2) is 35.6 Å². The first kappa shape index (κ1) is 19.2. The minimum atomic E-state index is -0.545. The van der Waals surface area contributed by atoms with Crippen LogP contribution in [0, 0.1) is 0 Å². The van der Waals surface area contributed by atoms with Crippen LogP contribution in [0.25, 0.3) is 0 Å². The molecule has 0 aliphatic carbocycles. The zero-order valence-electron chi connectivity index (χ0n) is 13.9. The zero-order chi connectivity index (χ0) is 17.4. The lowest BCUT2D eigenvalue weighted by atomic mass is 9.84. The molecule has 1 aromatic rings. The van der Waals surface area contributed by atoms with Crippen molar-refractivity contribution in [2.75, 3.05) is 19.7 Å². The van der Waals surface area contributed by atoms with Gasteiger partial charge in [0.1, 0.15) is 9.53 Å². The molecule has 0 spiro atoms. The van der Waals surface area contributed by atoms with Crippen molar-refractivity contribution in [2.45, 2.75) is 42.1 Å². The van der Waals surface area contributed by atoms with E-state index >= 15 is 0 Å². The van der Waals surface area contributed by atoms with Gasteiger partial charge in [-0.25, -0.2) is 0 Å². The van der Waals surface area contributed by atoms with Crippen LogP contribution in [0.4, 0.5) is 0 Å². The minimum Gasteiger partial charge on any atom is -0.465 e. The van der Waals surface area contributed by atoms with Gasteiger partial charge in [0.15, 0.2) is 0 Å². The van der Waals surface area contributed by atoms with Crippen LogP contribution in [0.1, 0.15) is 38.2 Å². The number of ether oxygens (including phenoxy) is 2. The van der Waals surface area contributed by atoms with Crippen molar-refractivity contribution < 1.29 is 19.1 Å². The van der Waals surface area contributed by atoms with Gasteiger partial charge in [0.05, 0.1) is 6.61 Å². The van der Waals surface area contributed by atoms with Crippen molar-refractivity contribution in [1.29, 1.82) is 0 Å². The zero-order valence-corrected chi connectivity index (χ0v) is 16.1. The topological polar surface area (TPSA) is 64.6 Å². The van der Waals surface area contributed by atoms with Crippen LogP contribution < -0.4 is 5.32 Å². The molecule has 0 radical (unpaired) electrons. The van der Waals surface area contributed by atoms with Gasteiger partial charge in [-0.15, -0.1) is 0 Å². The predicted molar refractivity (Wildman–Crippen MR) is 100.0 cm³/mol. The lowest BCUT2D eigenvalue weighted by molar-refractivity contribution is -0.165. The second kappa shape index (κ2) is 9.36. The molecular formula is C18H24INO4. The van der Waals surface area contributed by atoms with E-state index in [1.807, 2.05) is 52.9 Å². The molecule has 0 aromatic heterocycles. The normalized spacial score (nSPS) is 17.8. The Morgan fingerprint density at radius 2 is 1.92 bits per heavy atom. The second-order valence-electron chi connectivity index (χ2n) is 5.97. The molecular weight excluding hydrogens is 421 g/mol. The van der Waals surface area contributed by atoms with Gasteiger partial charge in [-0.2, -0.15) is 0 Å². The molecule has 0 bridgehead atoms. The van der Waals surface area contributed by atoms with Crippen LogP contribution in [0.15, 0.2) is 30.3 Å². The molecule has 24 heavy (non-hydrogen) atoms. The van der Waals surface area contributed by atoms with E-state index in [4.69, 9.17) is 9.47 Å². The molecule has 1 aliphatic heterocycles. The number of carbonyl (C=O) groups is 2. The maximum atomic E-state index is 12.3. The van der Waals surface area contributed by atoms with E-state index in [1.54, 1.807) is 6.92 Å². The maximum absolute atomic E-state index is 12.3. The van der Waals surface area contributed by atoms with E-state index in [-0.39, 0.29) is 28.9 Å². The summed E-state index contributed by atoms with van der Waals surface area (Å²) in [7, 11) is 0. The summed E-state index contributed by atoms with van der Waals surface area (Å²) >= 11 is 2.01. The van der Waals surface area contributed by atoms with Crippen molar-refractivity contribution in [2.24, 2.45) is 0 Å². The highest BCUT2D eigenvalue weighted by Crippen LogP contribution is 2.35. The Morgan fingerprint density at radius 3 is 2.54 bits per heavy atom. The number of hydrogen-bond acceptors (Lipinski definition) is 5. The van der Waals surface area contributed by atoms with E-state index < -0.39 is 5.60 Å². The maximum Gasteiger partial charge on any atom is 0.318 e. The summed E-state index contributed by atoms with van der Waals surface area (Å²) in [5.74, 6) is -0.484. The third kappa shape index (κ3) is 5.44. The lowest BCUT2D eigenvalue weighted by Gasteiger charge is -2.37. The van der Waals surface area contributed by atoms with Crippen molar-refractivity contribution in [3.8, 4) is 0 Å². The first-order valence-electron chi connectivity index (χ1n) is 8.32. The van der Waals surface area contributed by atoms with Crippen molar-refractivity contribution in [1.82, 2.24) is 5.32 Å². The molecule has 0 amide bonds. The Balaban J connectivity index is 1.88. The number of carbonyl (C=O) groups excluding carboxylic acids is 2. The molecule has 5 nitrogen and oxygen atoms in total. The Labute approximate surface area is 156 Å². The van der Waals surface area contributed by atoms with Crippen LogP contribution in [0.3, 0.4) is 0 Å². The largest absolute Gasteiger partial charge is 0.465 e. The molecule has 1 heterocycles. The fourth-order valence-corrected chi connectivity index (χ4v) is 2.98. The lowest BCUT2D eigenvalue weighted by Crippen LogP contribution is -2.43. The first-order chi connectivity index (χ1) is 11.5. The Morgan fingerprint density at radius 1 is 1.25 bits per heavy atom. The summed E-state index contributed by atoms with van der Waals surface area (Å²) in [5.41, 5.74) is 0.502. The standard InChI is InChI=1S/C18H24INO4/c1-14(19)17(22)23-13-5-8-16(21)24-18(9-11-20-12-10-18)15-6-3-2-4-7-15/h2-4,6-7,14,20H,5,8-13H2,1H3. The highest BCUT2D eigenvalue weighted by Gasteiger charge is 2.37. The van der Waals surface area contributed by atoms with E-state index in [2.05, 4.69) is 5.32 Å². The second-order valence-corrected chi connectivity index (χ2v) is 7.84. The average Bonchev–Trinajstić information content (AvgIpc) is 2.60. The number of piperidine rings is 1. The highest BCUT2D eigenvalue weighted by molar-refractivity contribution is 14.1. The van der Waals surface area contributed by atoms with Gasteiger partial charge >= 0.3 is 11.9 Å². The number of hydrogen-bond donors (Lipinski definition) is 1. The molecule has 1 unspecified atom stereocenters. The van der Waals surface area contributed by atoms with E-state index in [0.29, 0.717) is 6.42 Å². The van der Waals surface area contributed by atoms with E-state index in [0.717, 1.165) is 31.5 Å². The van der Waals surface area contributed by atoms with Crippen LogP contribution in [0.2, 0.25) is 0 Å². The van der Waals surface area contributed by atoms with Crippen molar-refractivity contribution in [3.63, 3.8) is 0 Å². The number of nitrogens with one attached hydrogen (secondary N) is 1. The summed E-state index contributed by atoms with van der Waals surface area (Å²) in [6, 6.07) is 9.93. The summed E-state index contributed by atoms with van der Waals surface area (Å²) < 4.78 is 10.8. The molecule has 2 rings (SSSR count). The summed E-state index contributed by atoms with van der Waals surface area (Å²) in [5, 5.41) is 3.31. The van der Waals surface area contributed by atoms with Crippen molar-refractivity contribution >= 4 is 34.5 Å². The predicted octanol–water partition coefficient (Wildman–Crippen LogP) is 2.96. The number of esters is 2. The number of benzene rings is 1. The number of rotatable bonds is 7. The molecule has 1 aromatic carbocycles. The van der Waals surface area contributed by atoms with Crippen molar-refractivity contribution in [3.05, 3.63) is 35.9 Å². The Hall–Kier alpha value is -1.15. The van der Waals surface area contributed by atoms with Gasteiger partial charge in [0.25, 0.3) is 0 Å². The van der Waals surface area contributed by atoms with E-state index in [1.165, 1.54) is 0 Å². The number of alkyl halides is 1. The SMILES string of the molecule is CC(I)C(=O)OCCCC(=O)OC1(c2ccccc2)CCNCC1. The molecule has 1 saturated heterocycles. The Kier molecular flexibility index (Phi) is 7.48. The molecule has 6 heteroatoms. The monoisotopic (exact) mass is 445 g/mol. The van der Waals surface area contributed by atoms with Gasteiger partial charge in [-0.3, -0.25) is 9.59 Å². The van der Waals surface area contributed by atoms with Gasteiger partial charge in [0.2, 0.25) is 0 Å². The van der Waals surface area contributed by atoms with Crippen LogP contribution in [-0.2, 0) is 24.7 Å². The van der Waals surface area contributed by atoms with Crippen LogP contribution in [0.5, 0.6) is 0 Å². The fraction of sp³-hybridized carbons (Fsp3) is 0.556. The number of halogens is 1. The molecule has 1 N–H and O–H groups in total. The summed E-state index contributed by atoms with van der Waals surface area (Å²) in [6.07, 6.45) is 2.27. The van der Waals surface area contributed by atoms with Gasteiger partial charge in [0, 0.05) is 19.3 Å². The van der Waals surface area contributed by atoms with Gasteiger partial charge < -0.3 is 14.8 Å². The molecule has 1 atom stereocenters. The molecule has 1 aliphatic rings. The van der Waals surface area contributed by atoms with Crippen LogP contribution >= 0.6 is 22.6 Å². The first-order valence-corrected chi connectivity index (χ1v) is 9.57. The summed E-state index contributed by atoms with van der Waals surface area (Å²) in [4.78, 5) is 23.7. The van der Waals surface area contributed by atoms with Gasteiger partial charge in [-0.05, 0) is 32.0 Å². The minimum absolute atomic E-state index is 0.175. The fourth-order valence-electron chi connectivity index (χ4n) is 2.80. The Bertz CT molecular complexity index is 541. The van der Waals surface area contributed by atoms with Gasteiger partial charge in [-0.1, -0.05) is 52.9 Å². The molecule has 0 saturated carbocycles. The quantitative estimate of drug-likeness (QED) is 0.303. The molecule has 132 valence electrons.